The molecular weight excluding hydrogens is 378 g/mol. The van der Waals surface area contributed by atoms with E-state index in [0.717, 1.165) is 19.3 Å². The van der Waals surface area contributed by atoms with E-state index in [1.807, 2.05) is 0 Å². The first kappa shape index (κ1) is 30.5. The summed E-state index contributed by atoms with van der Waals surface area (Å²) in [6.45, 7) is 8.90. The highest BCUT2D eigenvalue weighted by molar-refractivity contribution is 5.76. The summed E-state index contributed by atoms with van der Waals surface area (Å²) in [5.74, 6) is 0.799. The van der Waals surface area contributed by atoms with Crippen molar-refractivity contribution in [2.24, 2.45) is 5.92 Å². The number of hydrogen-bond donors (Lipinski definition) is 1. The lowest BCUT2D eigenvalue weighted by Gasteiger charge is -2.21. The van der Waals surface area contributed by atoms with Crippen LogP contribution in [0.4, 0.5) is 0 Å². The summed E-state index contributed by atoms with van der Waals surface area (Å²) < 4.78 is 0. The third-order valence-corrected chi connectivity index (χ3v) is 6.76. The van der Waals surface area contributed by atoms with Crippen LogP contribution in [0.15, 0.2) is 0 Å². The van der Waals surface area contributed by atoms with E-state index in [9.17, 15) is 4.79 Å². The summed E-state index contributed by atoms with van der Waals surface area (Å²) in [5.41, 5.74) is 0. The lowest BCUT2D eigenvalue weighted by Crippen LogP contribution is -2.38. The SMILES string of the molecule is CCCCCCCCCCCCCCCCCCCCCC(=O)NC(CCC)C(C)C. The molecule has 1 atom stereocenters. The normalized spacial score (nSPS) is 12.4. The monoisotopic (exact) mass is 437 g/mol. The molecule has 0 aromatic carbocycles. The Balaban J connectivity index is 3.25. The van der Waals surface area contributed by atoms with Gasteiger partial charge in [-0.05, 0) is 18.8 Å². The summed E-state index contributed by atoms with van der Waals surface area (Å²) in [5, 5.41) is 3.24. The fourth-order valence-corrected chi connectivity index (χ4v) is 4.53. The maximum Gasteiger partial charge on any atom is 0.220 e. The van der Waals surface area contributed by atoms with Crippen molar-refractivity contribution in [3.63, 3.8) is 0 Å². The number of carbonyl (C=O) groups is 1. The van der Waals surface area contributed by atoms with Gasteiger partial charge in [0.25, 0.3) is 0 Å². The van der Waals surface area contributed by atoms with E-state index >= 15 is 0 Å². The number of amides is 1. The van der Waals surface area contributed by atoms with Gasteiger partial charge in [-0.2, -0.15) is 0 Å². The number of carbonyl (C=O) groups excluding carboxylic acids is 1. The molecule has 0 spiro atoms. The standard InChI is InChI=1S/C29H59NO/c1-5-7-8-9-10-11-12-13-14-15-16-17-18-19-20-21-22-23-24-26-29(31)30-28(25-6-2)27(3)4/h27-28H,5-26H2,1-4H3,(H,30,31). The van der Waals surface area contributed by atoms with Crippen molar-refractivity contribution in [1.29, 1.82) is 0 Å². The van der Waals surface area contributed by atoms with Crippen LogP contribution in [0.2, 0.25) is 0 Å². The first-order chi connectivity index (χ1) is 15.1. The molecule has 1 amide bonds. The molecule has 2 nitrogen and oxygen atoms in total. The van der Waals surface area contributed by atoms with Crippen LogP contribution >= 0.6 is 0 Å². The highest BCUT2D eigenvalue weighted by Gasteiger charge is 2.14. The summed E-state index contributed by atoms with van der Waals surface area (Å²) in [7, 11) is 0. The molecule has 0 aromatic heterocycles. The second kappa shape index (κ2) is 24.1. The van der Waals surface area contributed by atoms with Crippen LogP contribution in [0.1, 0.15) is 169 Å². The molecule has 0 aliphatic carbocycles. The van der Waals surface area contributed by atoms with Gasteiger partial charge in [0, 0.05) is 12.5 Å². The molecule has 0 aromatic rings. The Labute approximate surface area is 197 Å². The Morgan fingerprint density at radius 2 is 0.903 bits per heavy atom. The highest BCUT2D eigenvalue weighted by atomic mass is 16.1. The van der Waals surface area contributed by atoms with Crippen LogP contribution in [0, 0.1) is 5.92 Å². The molecule has 31 heavy (non-hydrogen) atoms. The molecule has 0 aliphatic rings. The molecule has 0 rings (SSSR count). The van der Waals surface area contributed by atoms with E-state index in [-0.39, 0.29) is 5.91 Å². The van der Waals surface area contributed by atoms with E-state index in [4.69, 9.17) is 0 Å². The molecule has 0 saturated heterocycles. The van der Waals surface area contributed by atoms with Crippen molar-refractivity contribution in [3.8, 4) is 0 Å². The van der Waals surface area contributed by atoms with Crippen molar-refractivity contribution in [3.05, 3.63) is 0 Å². The topological polar surface area (TPSA) is 29.1 Å². The Bertz CT molecular complexity index is 366. The lowest BCUT2D eigenvalue weighted by molar-refractivity contribution is -0.122. The Morgan fingerprint density at radius 1 is 0.548 bits per heavy atom. The number of hydrogen-bond acceptors (Lipinski definition) is 1. The lowest BCUT2D eigenvalue weighted by atomic mass is 9.99. The summed E-state index contributed by atoms with van der Waals surface area (Å²) in [6, 6.07) is 0.359. The second-order valence-electron chi connectivity index (χ2n) is 10.3. The molecule has 0 radical (unpaired) electrons. The van der Waals surface area contributed by atoms with Gasteiger partial charge in [-0.1, -0.05) is 150 Å². The number of unbranched alkanes of at least 4 members (excludes halogenated alkanes) is 18. The predicted molar refractivity (Wildman–Crippen MR) is 140 cm³/mol. The molecule has 2 heteroatoms. The maximum atomic E-state index is 12.1. The van der Waals surface area contributed by atoms with Crippen molar-refractivity contribution in [2.75, 3.05) is 0 Å². The van der Waals surface area contributed by atoms with Gasteiger partial charge in [-0.3, -0.25) is 4.79 Å². The van der Waals surface area contributed by atoms with Crippen molar-refractivity contribution >= 4 is 5.91 Å². The van der Waals surface area contributed by atoms with E-state index in [1.54, 1.807) is 0 Å². The van der Waals surface area contributed by atoms with Crippen molar-refractivity contribution in [2.45, 2.75) is 175 Å². The molecule has 0 bridgehead atoms. The molecule has 1 unspecified atom stereocenters. The third-order valence-electron chi connectivity index (χ3n) is 6.76. The number of nitrogens with one attached hydrogen (secondary N) is 1. The van der Waals surface area contributed by atoms with Gasteiger partial charge in [0.05, 0.1) is 0 Å². The van der Waals surface area contributed by atoms with Gasteiger partial charge >= 0.3 is 0 Å². The van der Waals surface area contributed by atoms with Crippen molar-refractivity contribution < 1.29 is 4.79 Å². The first-order valence-electron chi connectivity index (χ1n) is 14.4. The van der Waals surface area contributed by atoms with Gasteiger partial charge in [-0.15, -0.1) is 0 Å². The Kier molecular flexibility index (Phi) is 23.7. The van der Waals surface area contributed by atoms with Crippen LogP contribution in [-0.4, -0.2) is 11.9 Å². The largest absolute Gasteiger partial charge is 0.353 e. The van der Waals surface area contributed by atoms with E-state index in [2.05, 4.69) is 33.0 Å². The smallest absolute Gasteiger partial charge is 0.220 e. The third kappa shape index (κ3) is 22.5. The van der Waals surface area contributed by atoms with Gasteiger partial charge in [0.1, 0.15) is 0 Å². The molecular formula is C29H59NO. The minimum atomic E-state index is 0.263. The fourth-order valence-electron chi connectivity index (χ4n) is 4.53. The quantitative estimate of drug-likeness (QED) is 0.150. The average molecular weight is 438 g/mol. The zero-order valence-corrected chi connectivity index (χ0v) is 22.1. The highest BCUT2D eigenvalue weighted by Crippen LogP contribution is 2.15. The van der Waals surface area contributed by atoms with E-state index in [1.165, 1.54) is 116 Å². The van der Waals surface area contributed by atoms with Gasteiger partial charge in [0.2, 0.25) is 5.91 Å². The summed E-state index contributed by atoms with van der Waals surface area (Å²) in [6.07, 6.45) is 29.4. The van der Waals surface area contributed by atoms with Gasteiger partial charge in [0.15, 0.2) is 0 Å². The summed E-state index contributed by atoms with van der Waals surface area (Å²) in [4.78, 5) is 12.1. The molecule has 1 N–H and O–H groups in total. The van der Waals surface area contributed by atoms with Crippen LogP contribution in [0.3, 0.4) is 0 Å². The van der Waals surface area contributed by atoms with Crippen LogP contribution < -0.4 is 5.32 Å². The molecule has 186 valence electrons. The molecule has 0 saturated carbocycles. The van der Waals surface area contributed by atoms with E-state index < -0.39 is 0 Å². The minimum absolute atomic E-state index is 0.263. The first-order valence-corrected chi connectivity index (χ1v) is 14.4. The zero-order chi connectivity index (χ0) is 23.0. The van der Waals surface area contributed by atoms with Crippen LogP contribution in [0.5, 0.6) is 0 Å². The number of rotatable bonds is 24. The Hall–Kier alpha value is -0.530. The predicted octanol–water partition coefficient (Wildman–Crippen LogP) is 9.75. The Morgan fingerprint density at radius 3 is 1.23 bits per heavy atom. The molecule has 0 aliphatic heterocycles. The molecule has 0 fully saturated rings. The van der Waals surface area contributed by atoms with E-state index in [0.29, 0.717) is 18.4 Å². The van der Waals surface area contributed by atoms with Crippen LogP contribution in [-0.2, 0) is 4.79 Å². The minimum Gasteiger partial charge on any atom is -0.353 e. The zero-order valence-electron chi connectivity index (χ0n) is 22.1. The fraction of sp³-hybridized carbons (Fsp3) is 0.966. The van der Waals surface area contributed by atoms with Crippen molar-refractivity contribution in [1.82, 2.24) is 5.32 Å². The van der Waals surface area contributed by atoms with Gasteiger partial charge < -0.3 is 5.32 Å². The van der Waals surface area contributed by atoms with Crippen LogP contribution in [0.25, 0.3) is 0 Å². The maximum absolute atomic E-state index is 12.1. The second-order valence-corrected chi connectivity index (χ2v) is 10.3. The van der Waals surface area contributed by atoms with Gasteiger partial charge in [-0.25, -0.2) is 0 Å². The summed E-state index contributed by atoms with van der Waals surface area (Å²) >= 11 is 0. The average Bonchev–Trinajstić information content (AvgIpc) is 2.75. The molecule has 0 heterocycles.